The number of piperazine rings is 1. The van der Waals surface area contributed by atoms with Crippen molar-refractivity contribution in [3.05, 3.63) is 41.2 Å². The number of rotatable bonds is 14. The topological polar surface area (TPSA) is 147 Å². The predicted octanol–water partition coefficient (Wildman–Crippen LogP) is 5.67. The molecule has 0 spiro atoms. The Kier molecular flexibility index (Phi) is 14.7. The van der Waals surface area contributed by atoms with Crippen LogP contribution >= 0.6 is 0 Å². The van der Waals surface area contributed by atoms with Gasteiger partial charge in [-0.2, -0.15) is 0 Å². The molecule has 4 rings (SSSR count). The lowest BCUT2D eigenvalue weighted by atomic mass is 9.86. The van der Waals surface area contributed by atoms with E-state index in [0.29, 0.717) is 69.2 Å². The van der Waals surface area contributed by atoms with Crippen LogP contribution in [-0.4, -0.2) is 124 Å². The van der Waals surface area contributed by atoms with Crippen LogP contribution in [0, 0.1) is 23.6 Å². The maximum atomic E-state index is 15.4. The maximum absolute atomic E-state index is 15.4. The Bertz CT molecular complexity index is 1620. The number of fused-ring (bicyclic) bond motifs is 1. The molecule has 2 aliphatic heterocycles. The Morgan fingerprint density at radius 1 is 1.00 bits per heavy atom. The molecular formula is C39H57FN6O7. The number of hydrogen-bond acceptors (Lipinski definition) is 10. The fraction of sp³-hybridized carbons (Fsp3) is 0.641. The Morgan fingerprint density at radius 2 is 1.66 bits per heavy atom. The summed E-state index contributed by atoms with van der Waals surface area (Å²) in [4.78, 5) is 54.6. The van der Waals surface area contributed by atoms with Crippen LogP contribution in [0.3, 0.4) is 0 Å². The molecule has 1 N–H and O–H groups in total. The normalized spacial score (nSPS) is 19.5. The number of likely N-dealkylation sites (tertiary alicyclic amines) is 1. The standard InChI is InChI=1S/C39H57FN6O7/c1-26(9-11-35(27(2)8-10-31(49)14-21-47)52-37(50)45-19-17-43(7)18-20-45)32(25-48)28(3)22-29-23-33(40)36-34(24-29)46(42-41-36)30-12-15-44(16-13-30)38(51)53-39(4,5)6/h9,11,21-27,30-32,35,49H,8,10,12-20H2,1-7H3/b11-9+,28-22+/t26-,27-,31+,32-,35-/m0/s1. The van der Waals surface area contributed by atoms with Crippen LogP contribution < -0.4 is 0 Å². The van der Waals surface area contributed by atoms with Crippen LogP contribution in [0.25, 0.3) is 17.1 Å². The van der Waals surface area contributed by atoms with Crippen molar-refractivity contribution in [2.24, 2.45) is 17.8 Å². The number of piperidine rings is 1. The number of aromatic nitrogens is 3. The summed E-state index contributed by atoms with van der Waals surface area (Å²) in [5, 5.41) is 18.5. The van der Waals surface area contributed by atoms with E-state index < -0.39 is 35.6 Å². The first-order valence-corrected chi connectivity index (χ1v) is 18.7. The van der Waals surface area contributed by atoms with Gasteiger partial charge in [0.25, 0.3) is 0 Å². The van der Waals surface area contributed by atoms with E-state index in [9.17, 15) is 24.3 Å². The Labute approximate surface area is 312 Å². The third-order valence-corrected chi connectivity index (χ3v) is 10.1. The van der Waals surface area contributed by atoms with Crippen molar-refractivity contribution in [1.29, 1.82) is 0 Å². The summed E-state index contributed by atoms with van der Waals surface area (Å²) in [6, 6.07) is 3.12. The lowest BCUT2D eigenvalue weighted by Gasteiger charge is -2.33. The number of benzene rings is 1. The molecule has 0 radical (unpaired) electrons. The number of carbonyl (C=O) groups excluding carboxylic acids is 4. The third-order valence-electron chi connectivity index (χ3n) is 10.1. The molecule has 0 unspecified atom stereocenters. The number of nitrogens with zero attached hydrogens (tertiary/aromatic N) is 6. The predicted molar refractivity (Wildman–Crippen MR) is 199 cm³/mol. The van der Waals surface area contributed by atoms with E-state index in [1.54, 1.807) is 20.6 Å². The number of halogens is 1. The van der Waals surface area contributed by atoms with Crippen LogP contribution in [0.15, 0.2) is 29.9 Å². The van der Waals surface area contributed by atoms with Gasteiger partial charge in [-0.15, -0.1) is 5.10 Å². The maximum Gasteiger partial charge on any atom is 0.410 e. The molecule has 5 atom stereocenters. The zero-order valence-electron chi connectivity index (χ0n) is 32.2. The molecule has 14 heteroatoms. The smallest absolute Gasteiger partial charge is 0.410 e. The van der Waals surface area contributed by atoms with E-state index in [-0.39, 0.29) is 35.9 Å². The van der Waals surface area contributed by atoms with Crippen LogP contribution in [0.1, 0.15) is 85.3 Å². The Balaban J connectivity index is 1.49. The van der Waals surface area contributed by atoms with Crippen molar-refractivity contribution >= 4 is 41.9 Å². The minimum Gasteiger partial charge on any atom is -0.444 e. The van der Waals surface area contributed by atoms with Gasteiger partial charge in [-0.05, 0) is 96.0 Å². The second-order valence-electron chi connectivity index (χ2n) is 15.6. The van der Waals surface area contributed by atoms with Gasteiger partial charge >= 0.3 is 12.2 Å². The average Bonchev–Trinajstić information content (AvgIpc) is 3.53. The van der Waals surface area contributed by atoms with Crippen molar-refractivity contribution in [2.45, 2.75) is 97.5 Å². The zero-order chi connectivity index (χ0) is 38.9. The minimum atomic E-state index is -0.769. The lowest BCUT2D eigenvalue weighted by molar-refractivity contribution is -0.111. The van der Waals surface area contributed by atoms with Gasteiger partial charge in [-0.25, -0.2) is 18.7 Å². The highest BCUT2D eigenvalue weighted by atomic mass is 19.1. The van der Waals surface area contributed by atoms with Gasteiger partial charge in [0.15, 0.2) is 5.82 Å². The van der Waals surface area contributed by atoms with Gasteiger partial charge in [0, 0.05) is 51.6 Å². The summed E-state index contributed by atoms with van der Waals surface area (Å²) in [6.07, 6.45) is 7.02. The average molecular weight is 741 g/mol. The minimum absolute atomic E-state index is 0.0445. The van der Waals surface area contributed by atoms with E-state index in [4.69, 9.17) is 9.47 Å². The first-order chi connectivity index (χ1) is 25.1. The van der Waals surface area contributed by atoms with Gasteiger partial charge in [0.05, 0.1) is 17.7 Å². The number of hydrogen-bond donors (Lipinski definition) is 1. The van der Waals surface area contributed by atoms with Crippen molar-refractivity contribution in [3.63, 3.8) is 0 Å². The van der Waals surface area contributed by atoms with Gasteiger partial charge in [0.1, 0.15) is 29.8 Å². The molecule has 3 heterocycles. The first kappa shape index (κ1) is 41.6. The molecule has 0 aliphatic carbocycles. The lowest BCUT2D eigenvalue weighted by Crippen LogP contribution is -2.48. The fourth-order valence-electron chi connectivity index (χ4n) is 6.78. The van der Waals surface area contributed by atoms with Crippen molar-refractivity contribution in [3.8, 4) is 0 Å². The molecular weight excluding hydrogens is 683 g/mol. The molecule has 2 aliphatic rings. The highest BCUT2D eigenvalue weighted by Crippen LogP contribution is 2.30. The van der Waals surface area contributed by atoms with E-state index in [0.717, 1.165) is 24.9 Å². The van der Waals surface area contributed by atoms with E-state index in [1.165, 1.54) is 6.07 Å². The largest absolute Gasteiger partial charge is 0.444 e. The van der Waals surface area contributed by atoms with Crippen LogP contribution in [-0.2, 0) is 19.1 Å². The number of aldehydes is 2. The number of ether oxygens (including phenoxy) is 2. The van der Waals surface area contributed by atoms with Crippen molar-refractivity contribution in [2.75, 3.05) is 46.3 Å². The molecule has 2 fully saturated rings. The zero-order valence-corrected chi connectivity index (χ0v) is 32.2. The molecule has 2 aromatic rings. The summed E-state index contributed by atoms with van der Waals surface area (Å²) in [7, 11) is 2.00. The van der Waals surface area contributed by atoms with Gasteiger partial charge in [0.2, 0.25) is 0 Å². The van der Waals surface area contributed by atoms with Gasteiger partial charge in [-0.3, -0.25) is 0 Å². The highest BCUT2D eigenvalue weighted by Gasteiger charge is 2.30. The quantitative estimate of drug-likeness (QED) is 0.190. The van der Waals surface area contributed by atoms with Gasteiger partial charge < -0.3 is 38.9 Å². The molecule has 292 valence electrons. The summed E-state index contributed by atoms with van der Waals surface area (Å²) in [5.74, 6) is -1.53. The second kappa shape index (κ2) is 18.7. The SMILES string of the molecule is C/C(=C\c1cc(F)c2nnn(C3CCN(C(=O)OC(C)(C)C)CC3)c2c1)[C@@H](C=O)[C@@H](C)/C=C/[C@H](OC(=O)N1CCN(C)CC1)[C@@H](C)CC[C@@H](O)CC=O. The van der Waals surface area contributed by atoms with Crippen LogP contribution in [0.5, 0.6) is 0 Å². The molecule has 0 saturated carbocycles. The van der Waals surface area contributed by atoms with Gasteiger partial charge in [-0.1, -0.05) is 36.8 Å². The third kappa shape index (κ3) is 11.7. The molecule has 0 bridgehead atoms. The van der Waals surface area contributed by atoms with Crippen molar-refractivity contribution < 1.29 is 38.1 Å². The molecule has 13 nitrogen and oxygen atoms in total. The number of aliphatic hydroxyl groups excluding tert-OH is 1. The van der Waals surface area contributed by atoms with E-state index in [1.807, 2.05) is 66.8 Å². The summed E-state index contributed by atoms with van der Waals surface area (Å²) in [6.45, 7) is 14.7. The Morgan fingerprint density at radius 3 is 2.28 bits per heavy atom. The number of aliphatic hydroxyl groups is 1. The highest BCUT2D eigenvalue weighted by molar-refractivity contribution is 5.79. The fourth-order valence-corrected chi connectivity index (χ4v) is 6.78. The molecule has 53 heavy (non-hydrogen) atoms. The number of allylic oxidation sites excluding steroid dienone is 2. The first-order valence-electron chi connectivity index (χ1n) is 18.7. The molecule has 1 aromatic carbocycles. The molecule has 1 aromatic heterocycles. The van der Waals surface area contributed by atoms with E-state index in [2.05, 4.69) is 15.2 Å². The number of amides is 2. The Hall–Kier alpha value is -4.17. The number of likely N-dealkylation sites (N-methyl/N-ethyl adjacent to an activating group) is 1. The van der Waals surface area contributed by atoms with E-state index >= 15 is 4.39 Å². The summed E-state index contributed by atoms with van der Waals surface area (Å²) < 4.78 is 28.6. The molecule has 2 saturated heterocycles. The number of carbonyl (C=O) groups is 4. The van der Waals surface area contributed by atoms with Crippen LogP contribution in [0.4, 0.5) is 14.0 Å². The second-order valence-corrected chi connectivity index (χ2v) is 15.6. The van der Waals surface area contributed by atoms with Crippen LogP contribution in [0.2, 0.25) is 0 Å². The summed E-state index contributed by atoms with van der Waals surface area (Å²) >= 11 is 0. The monoisotopic (exact) mass is 740 g/mol. The molecule has 2 amide bonds. The summed E-state index contributed by atoms with van der Waals surface area (Å²) in [5.41, 5.74) is 1.38. The van der Waals surface area contributed by atoms with Crippen molar-refractivity contribution in [1.82, 2.24) is 29.7 Å².